The van der Waals surface area contributed by atoms with Gasteiger partial charge >= 0.3 is 0 Å². The second-order valence-electron chi connectivity index (χ2n) is 3.82. The Morgan fingerprint density at radius 1 is 1.53 bits per heavy atom. The maximum atomic E-state index is 6.26. The zero-order chi connectivity index (χ0) is 10.8. The molecule has 0 amide bonds. The highest BCUT2D eigenvalue weighted by Crippen LogP contribution is 2.32. The van der Waals surface area contributed by atoms with E-state index in [4.69, 9.17) is 10.5 Å². The molecule has 0 aliphatic carbocycles. The Kier molecular flexibility index (Phi) is 4.04. The third kappa shape index (κ3) is 2.72. The van der Waals surface area contributed by atoms with Crippen molar-refractivity contribution in [2.75, 3.05) is 13.2 Å². The van der Waals surface area contributed by atoms with Crippen molar-refractivity contribution in [2.24, 2.45) is 11.7 Å². The molecule has 0 bridgehead atoms. The van der Waals surface area contributed by atoms with E-state index in [2.05, 4.69) is 56.7 Å². The first-order valence-corrected chi connectivity index (χ1v) is 6.84. The smallest absolute Gasteiger partial charge is 0.0513 e. The first-order valence-electron chi connectivity index (χ1n) is 4.97. The van der Waals surface area contributed by atoms with Crippen molar-refractivity contribution in [3.8, 4) is 0 Å². The summed E-state index contributed by atoms with van der Waals surface area (Å²) in [5.74, 6) is 0.458. The molecule has 4 heteroatoms. The molecule has 1 fully saturated rings. The summed E-state index contributed by atoms with van der Waals surface area (Å²) >= 11 is 5.86. The summed E-state index contributed by atoms with van der Waals surface area (Å²) in [5.41, 5.74) is 7.45. The van der Waals surface area contributed by atoms with Crippen LogP contribution in [0.5, 0.6) is 0 Å². The Hall–Kier alpha value is 0.350. The molecular formula is C11H13BrINO. The van der Waals surface area contributed by atoms with Crippen LogP contribution < -0.4 is 5.73 Å². The van der Waals surface area contributed by atoms with Crippen LogP contribution in [0.15, 0.2) is 22.7 Å². The molecule has 1 aliphatic rings. The highest BCUT2D eigenvalue weighted by atomic mass is 127. The molecule has 1 aliphatic heterocycles. The maximum absolute atomic E-state index is 6.26. The van der Waals surface area contributed by atoms with Gasteiger partial charge in [0, 0.05) is 26.6 Å². The topological polar surface area (TPSA) is 35.2 Å². The average molecular weight is 382 g/mol. The number of ether oxygens (including phenoxy) is 1. The minimum Gasteiger partial charge on any atom is -0.381 e. The monoisotopic (exact) mass is 381 g/mol. The van der Waals surface area contributed by atoms with E-state index < -0.39 is 0 Å². The highest BCUT2D eigenvalue weighted by Gasteiger charge is 2.25. The molecule has 0 saturated carbocycles. The molecule has 2 unspecified atom stereocenters. The fourth-order valence-corrected chi connectivity index (χ4v) is 2.89. The van der Waals surface area contributed by atoms with Gasteiger partial charge in [0.05, 0.1) is 6.61 Å². The molecule has 0 aromatic heterocycles. The molecule has 1 heterocycles. The standard InChI is InChI=1S/C11H13BrINO/c12-10-2-1-8(13)5-9(10)11(14)7-3-4-15-6-7/h1-2,5,7,11H,3-4,6,14H2. The van der Waals surface area contributed by atoms with Crippen LogP contribution in [-0.2, 0) is 4.74 Å². The molecule has 2 nitrogen and oxygen atoms in total. The molecule has 2 rings (SSSR count). The molecule has 15 heavy (non-hydrogen) atoms. The third-order valence-electron chi connectivity index (χ3n) is 2.79. The van der Waals surface area contributed by atoms with Gasteiger partial charge in [-0.15, -0.1) is 0 Å². The largest absolute Gasteiger partial charge is 0.381 e. The van der Waals surface area contributed by atoms with Crippen molar-refractivity contribution >= 4 is 38.5 Å². The lowest BCUT2D eigenvalue weighted by atomic mass is 9.93. The van der Waals surface area contributed by atoms with Crippen LogP contribution in [-0.4, -0.2) is 13.2 Å². The Morgan fingerprint density at radius 2 is 2.33 bits per heavy atom. The molecule has 1 saturated heterocycles. The van der Waals surface area contributed by atoms with Crippen molar-refractivity contribution in [3.63, 3.8) is 0 Å². The molecule has 2 N–H and O–H groups in total. The van der Waals surface area contributed by atoms with Gasteiger partial charge < -0.3 is 10.5 Å². The van der Waals surface area contributed by atoms with E-state index >= 15 is 0 Å². The summed E-state index contributed by atoms with van der Waals surface area (Å²) < 4.78 is 7.69. The minimum atomic E-state index is 0.0802. The molecule has 1 aromatic carbocycles. The van der Waals surface area contributed by atoms with Crippen LogP contribution in [0.4, 0.5) is 0 Å². The van der Waals surface area contributed by atoms with Gasteiger partial charge in [0.25, 0.3) is 0 Å². The molecule has 0 radical (unpaired) electrons. The molecule has 0 spiro atoms. The zero-order valence-corrected chi connectivity index (χ0v) is 12.0. The third-order valence-corrected chi connectivity index (χ3v) is 4.18. The van der Waals surface area contributed by atoms with Crippen molar-refractivity contribution < 1.29 is 4.74 Å². The Bertz CT molecular complexity index is 352. The number of hydrogen-bond acceptors (Lipinski definition) is 2. The SMILES string of the molecule is NC(c1cc(I)ccc1Br)C1CCOC1. The Labute approximate surface area is 112 Å². The van der Waals surface area contributed by atoms with Gasteiger partial charge in [-0.2, -0.15) is 0 Å². The first kappa shape index (κ1) is 11.8. The minimum absolute atomic E-state index is 0.0802. The van der Waals surface area contributed by atoms with Gasteiger partial charge in [-0.3, -0.25) is 0 Å². The number of benzene rings is 1. The van der Waals surface area contributed by atoms with Crippen molar-refractivity contribution in [3.05, 3.63) is 31.8 Å². The summed E-state index contributed by atoms with van der Waals surface area (Å²) in [4.78, 5) is 0. The Balaban J connectivity index is 2.23. The second-order valence-corrected chi connectivity index (χ2v) is 5.92. The van der Waals surface area contributed by atoms with E-state index in [-0.39, 0.29) is 6.04 Å². The molecular weight excluding hydrogens is 369 g/mol. The van der Waals surface area contributed by atoms with Gasteiger partial charge in [0.2, 0.25) is 0 Å². The lowest BCUT2D eigenvalue weighted by Gasteiger charge is -2.19. The predicted molar refractivity (Wildman–Crippen MR) is 72.7 cm³/mol. The number of halogens is 2. The van der Waals surface area contributed by atoms with Crippen LogP contribution >= 0.6 is 38.5 Å². The van der Waals surface area contributed by atoms with Crippen LogP contribution in [0.3, 0.4) is 0 Å². The maximum Gasteiger partial charge on any atom is 0.0513 e. The summed E-state index contributed by atoms with van der Waals surface area (Å²) in [7, 11) is 0. The molecule has 2 atom stereocenters. The lowest BCUT2D eigenvalue weighted by Crippen LogP contribution is -2.22. The van der Waals surface area contributed by atoms with E-state index in [9.17, 15) is 0 Å². The highest BCUT2D eigenvalue weighted by molar-refractivity contribution is 14.1. The van der Waals surface area contributed by atoms with Crippen LogP contribution in [0.2, 0.25) is 0 Å². The molecule has 1 aromatic rings. The van der Waals surface area contributed by atoms with E-state index in [1.807, 2.05) is 0 Å². The number of rotatable bonds is 2. The van der Waals surface area contributed by atoms with Crippen LogP contribution in [0.25, 0.3) is 0 Å². The van der Waals surface area contributed by atoms with E-state index in [1.54, 1.807) is 0 Å². The van der Waals surface area contributed by atoms with Crippen LogP contribution in [0, 0.1) is 9.49 Å². The fourth-order valence-electron chi connectivity index (χ4n) is 1.86. The molecule has 82 valence electrons. The van der Waals surface area contributed by atoms with Crippen molar-refractivity contribution in [2.45, 2.75) is 12.5 Å². The zero-order valence-electron chi connectivity index (χ0n) is 8.25. The Morgan fingerprint density at radius 3 is 3.00 bits per heavy atom. The summed E-state index contributed by atoms with van der Waals surface area (Å²) in [6.07, 6.45) is 1.07. The van der Waals surface area contributed by atoms with Gasteiger partial charge in [-0.25, -0.2) is 0 Å². The first-order chi connectivity index (χ1) is 7.18. The van der Waals surface area contributed by atoms with E-state index in [0.717, 1.165) is 24.1 Å². The van der Waals surface area contributed by atoms with Crippen LogP contribution in [0.1, 0.15) is 18.0 Å². The van der Waals surface area contributed by atoms with E-state index in [1.165, 1.54) is 9.13 Å². The summed E-state index contributed by atoms with van der Waals surface area (Å²) in [6, 6.07) is 6.36. The quantitative estimate of drug-likeness (QED) is 0.799. The predicted octanol–water partition coefficient (Wildman–Crippen LogP) is 3.09. The summed E-state index contributed by atoms with van der Waals surface area (Å²) in [5, 5.41) is 0. The van der Waals surface area contributed by atoms with Crippen molar-refractivity contribution in [1.29, 1.82) is 0 Å². The van der Waals surface area contributed by atoms with Gasteiger partial charge in [-0.05, 0) is 52.8 Å². The van der Waals surface area contributed by atoms with Gasteiger partial charge in [0.1, 0.15) is 0 Å². The summed E-state index contributed by atoms with van der Waals surface area (Å²) in [6.45, 7) is 1.64. The number of hydrogen-bond donors (Lipinski definition) is 1. The van der Waals surface area contributed by atoms with Crippen molar-refractivity contribution in [1.82, 2.24) is 0 Å². The lowest BCUT2D eigenvalue weighted by molar-refractivity contribution is 0.181. The van der Waals surface area contributed by atoms with Gasteiger partial charge in [0.15, 0.2) is 0 Å². The average Bonchev–Trinajstić information content (AvgIpc) is 2.74. The normalized spacial score (nSPS) is 23.0. The number of nitrogens with two attached hydrogens (primary N) is 1. The second kappa shape index (κ2) is 5.12. The fraction of sp³-hybridized carbons (Fsp3) is 0.455. The van der Waals surface area contributed by atoms with Gasteiger partial charge in [-0.1, -0.05) is 15.9 Å². The van der Waals surface area contributed by atoms with E-state index in [0.29, 0.717) is 5.92 Å².